The average Bonchev–Trinajstić information content (AvgIpc) is 3.81. The number of carbonyl (C=O) groups excluding carboxylic acids is 3. The van der Waals surface area contributed by atoms with Crippen molar-refractivity contribution >= 4 is 23.5 Å². The predicted molar refractivity (Wildman–Crippen MR) is 151 cm³/mol. The van der Waals surface area contributed by atoms with Crippen molar-refractivity contribution < 1.29 is 38.5 Å². The number of hydrogen-bond donors (Lipinski definition) is 4. The Morgan fingerprint density at radius 1 is 1.05 bits per heavy atom. The molecule has 1 saturated heterocycles. The lowest BCUT2D eigenvalue weighted by Gasteiger charge is -2.25. The molecule has 4 N–H and O–H groups in total. The number of halogens is 1. The van der Waals surface area contributed by atoms with Gasteiger partial charge in [-0.3, -0.25) is 9.59 Å². The van der Waals surface area contributed by atoms with Crippen LogP contribution in [0.1, 0.15) is 41.5 Å². The largest absolute Gasteiger partial charge is 0.497 e. The van der Waals surface area contributed by atoms with Crippen LogP contribution in [0.25, 0.3) is 0 Å². The Hall–Kier alpha value is -4.48. The fourth-order valence-corrected chi connectivity index (χ4v) is 4.82. The average molecular weight is 578 g/mol. The highest BCUT2D eigenvalue weighted by Gasteiger charge is 2.45. The van der Waals surface area contributed by atoms with E-state index in [0.29, 0.717) is 28.5 Å². The summed E-state index contributed by atoms with van der Waals surface area (Å²) in [5.41, 5.74) is 1.96. The van der Waals surface area contributed by atoms with E-state index >= 15 is 0 Å². The monoisotopic (exact) mass is 577 g/mol. The zero-order valence-corrected chi connectivity index (χ0v) is 23.0. The van der Waals surface area contributed by atoms with Crippen LogP contribution >= 0.6 is 0 Å². The predicted octanol–water partition coefficient (Wildman–Crippen LogP) is 3.29. The molecule has 3 aromatic carbocycles. The Kier molecular flexibility index (Phi) is 8.69. The third kappa shape index (κ3) is 6.53. The van der Waals surface area contributed by atoms with Crippen LogP contribution in [-0.2, 0) is 16.0 Å². The first-order valence-corrected chi connectivity index (χ1v) is 13.7. The number of nitrogens with one attached hydrogen (secondary N) is 2. The molecule has 0 radical (unpaired) electrons. The van der Waals surface area contributed by atoms with Crippen molar-refractivity contribution in [1.82, 2.24) is 10.2 Å². The normalized spacial score (nSPS) is 17.9. The molecule has 1 aliphatic heterocycles. The van der Waals surface area contributed by atoms with Gasteiger partial charge >= 0.3 is 6.03 Å². The number of anilines is 1. The Morgan fingerprint density at radius 2 is 1.71 bits per heavy atom. The Balaban J connectivity index is 1.37. The molecule has 2 fully saturated rings. The van der Waals surface area contributed by atoms with Crippen LogP contribution in [0.3, 0.4) is 0 Å². The van der Waals surface area contributed by atoms with E-state index < -0.39 is 48.5 Å². The molecule has 2 aliphatic rings. The molecular formula is C31H32FN3O7. The molecule has 5 rings (SSSR count). The van der Waals surface area contributed by atoms with Crippen molar-refractivity contribution in [2.24, 2.45) is 0 Å². The van der Waals surface area contributed by atoms with Crippen LogP contribution in [-0.4, -0.2) is 65.4 Å². The van der Waals surface area contributed by atoms with Crippen LogP contribution in [0.4, 0.5) is 14.9 Å². The number of ether oxygens (including phenoxy) is 2. The zero-order chi connectivity index (χ0) is 29.8. The summed E-state index contributed by atoms with van der Waals surface area (Å²) in [6, 6.07) is 14.8. The number of aliphatic hydroxyl groups excluding tert-OH is 2. The number of amides is 4. The second-order valence-corrected chi connectivity index (χ2v) is 10.4. The van der Waals surface area contributed by atoms with Crippen molar-refractivity contribution in [1.29, 1.82) is 0 Å². The fraction of sp³-hybridized carbons (Fsp3) is 0.323. The number of hydrogen-bond acceptors (Lipinski definition) is 7. The van der Waals surface area contributed by atoms with Crippen molar-refractivity contribution in [3.63, 3.8) is 0 Å². The van der Waals surface area contributed by atoms with Gasteiger partial charge in [0.1, 0.15) is 42.1 Å². The first kappa shape index (κ1) is 29.0. The van der Waals surface area contributed by atoms with Gasteiger partial charge in [-0.25, -0.2) is 14.1 Å². The summed E-state index contributed by atoms with van der Waals surface area (Å²) in [6.45, 7) is -0.561. The quantitative estimate of drug-likeness (QED) is 0.243. The van der Waals surface area contributed by atoms with Gasteiger partial charge in [-0.1, -0.05) is 30.3 Å². The second-order valence-electron chi connectivity index (χ2n) is 10.4. The minimum absolute atomic E-state index is 0.0105. The molecule has 4 amide bonds. The number of nitrogens with zero attached hydrogens (tertiary/aromatic N) is 1. The van der Waals surface area contributed by atoms with Gasteiger partial charge in [-0.05, 0) is 71.8 Å². The van der Waals surface area contributed by atoms with E-state index in [1.54, 1.807) is 54.6 Å². The third-order valence-electron chi connectivity index (χ3n) is 7.34. The molecule has 0 spiro atoms. The first-order valence-electron chi connectivity index (χ1n) is 13.7. The highest BCUT2D eigenvalue weighted by molar-refractivity contribution is 6.09. The number of rotatable bonds is 12. The van der Waals surface area contributed by atoms with Crippen LogP contribution < -0.4 is 20.1 Å². The first-order chi connectivity index (χ1) is 20.3. The lowest BCUT2D eigenvalue weighted by molar-refractivity contribution is -0.134. The number of benzene rings is 3. The van der Waals surface area contributed by atoms with Crippen LogP contribution in [0.2, 0.25) is 0 Å². The smallest absolute Gasteiger partial charge is 0.325 e. The molecule has 11 heteroatoms. The van der Waals surface area contributed by atoms with Gasteiger partial charge in [0.2, 0.25) is 5.91 Å². The lowest BCUT2D eigenvalue weighted by atomic mass is 10.0. The van der Waals surface area contributed by atoms with Crippen molar-refractivity contribution in [3.8, 4) is 11.5 Å². The standard InChI is InChI=1S/C31H32FN3O7/c1-41-23-9-2-18(3-10-23)14-27(29(38)33-26-13-8-21(15-25(26)32)19-4-5-19)35-30(39)28(34-31(35)40)20-6-11-24(12-7-20)42-17-22(37)16-36/h2-3,6-13,15,19,22,27-28,36-37H,4-5,14,16-17H2,1H3,(H,33,38)(H,34,40)/t22-,27-,28+/m0/s1. The molecule has 0 aromatic heterocycles. The highest BCUT2D eigenvalue weighted by Crippen LogP contribution is 2.40. The van der Waals surface area contributed by atoms with E-state index in [1.165, 1.54) is 19.2 Å². The number of aliphatic hydroxyl groups is 2. The molecule has 3 atom stereocenters. The molecule has 1 heterocycles. The fourth-order valence-electron chi connectivity index (χ4n) is 4.82. The SMILES string of the molecule is COc1ccc(C[C@@H](C(=O)Nc2ccc(C3CC3)cc2F)N2C(=O)N[C@H](c3ccc(OC[C@@H](O)CO)cc3)C2=O)cc1. The molecule has 10 nitrogen and oxygen atoms in total. The Bertz CT molecular complexity index is 1440. The Labute approximate surface area is 242 Å². The van der Waals surface area contributed by atoms with E-state index in [-0.39, 0.29) is 18.7 Å². The molecule has 0 unspecified atom stereocenters. The van der Waals surface area contributed by atoms with Gasteiger partial charge < -0.3 is 30.3 Å². The maximum absolute atomic E-state index is 14.9. The van der Waals surface area contributed by atoms with Gasteiger partial charge in [-0.2, -0.15) is 0 Å². The number of urea groups is 1. The summed E-state index contributed by atoms with van der Waals surface area (Å²) >= 11 is 0. The van der Waals surface area contributed by atoms with Crippen molar-refractivity contribution in [3.05, 3.63) is 89.2 Å². The molecule has 220 valence electrons. The maximum atomic E-state index is 14.9. The summed E-state index contributed by atoms with van der Waals surface area (Å²) < 4.78 is 25.5. The third-order valence-corrected chi connectivity index (χ3v) is 7.34. The van der Waals surface area contributed by atoms with Crippen LogP contribution in [0.15, 0.2) is 66.7 Å². The van der Waals surface area contributed by atoms with Crippen molar-refractivity contribution in [2.75, 3.05) is 25.6 Å². The van der Waals surface area contributed by atoms with Crippen LogP contribution in [0.5, 0.6) is 11.5 Å². The lowest BCUT2D eigenvalue weighted by Crippen LogP contribution is -2.49. The minimum Gasteiger partial charge on any atom is -0.497 e. The number of carbonyl (C=O) groups is 3. The summed E-state index contributed by atoms with van der Waals surface area (Å²) in [5, 5.41) is 23.6. The van der Waals surface area contributed by atoms with Crippen molar-refractivity contribution in [2.45, 2.75) is 43.4 Å². The molecule has 0 bridgehead atoms. The minimum atomic E-state index is -1.28. The van der Waals surface area contributed by atoms with Gasteiger partial charge in [0.05, 0.1) is 19.4 Å². The summed E-state index contributed by atoms with van der Waals surface area (Å²) in [4.78, 5) is 41.3. The number of methoxy groups -OCH3 is 1. The molecule has 42 heavy (non-hydrogen) atoms. The molecular weight excluding hydrogens is 545 g/mol. The van der Waals surface area contributed by atoms with Gasteiger partial charge in [0, 0.05) is 6.42 Å². The van der Waals surface area contributed by atoms with Gasteiger partial charge in [0.25, 0.3) is 5.91 Å². The molecule has 1 saturated carbocycles. The van der Waals surface area contributed by atoms with E-state index in [2.05, 4.69) is 10.6 Å². The van der Waals surface area contributed by atoms with E-state index in [0.717, 1.165) is 23.3 Å². The summed E-state index contributed by atoms with van der Waals surface area (Å²) in [5.74, 6) is -0.596. The Morgan fingerprint density at radius 3 is 2.33 bits per heavy atom. The maximum Gasteiger partial charge on any atom is 0.325 e. The van der Waals surface area contributed by atoms with E-state index in [4.69, 9.17) is 14.6 Å². The second kappa shape index (κ2) is 12.6. The van der Waals surface area contributed by atoms with Gasteiger partial charge in [0.15, 0.2) is 0 Å². The summed E-state index contributed by atoms with van der Waals surface area (Å²) in [7, 11) is 1.53. The topological polar surface area (TPSA) is 137 Å². The summed E-state index contributed by atoms with van der Waals surface area (Å²) in [6.07, 6.45) is 0.965. The van der Waals surface area contributed by atoms with E-state index in [1.807, 2.05) is 0 Å². The molecule has 3 aromatic rings. The zero-order valence-electron chi connectivity index (χ0n) is 23.0. The van der Waals surface area contributed by atoms with E-state index in [9.17, 15) is 23.9 Å². The molecule has 1 aliphatic carbocycles. The number of imide groups is 1. The van der Waals surface area contributed by atoms with Gasteiger partial charge in [-0.15, -0.1) is 0 Å². The van der Waals surface area contributed by atoms with Crippen LogP contribution in [0, 0.1) is 5.82 Å². The highest BCUT2D eigenvalue weighted by atomic mass is 19.1.